The van der Waals surface area contributed by atoms with E-state index in [1.54, 1.807) is 19.1 Å². The number of nitrogens with one attached hydrogen (secondary N) is 2. The van der Waals surface area contributed by atoms with Gasteiger partial charge in [-0.2, -0.15) is 0 Å². The molecule has 5 N–H and O–H groups in total. The van der Waals surface area contributed by atoms with Gasteiger partial charge in [-0.25, -0.2) is 9.37 Å². The smallest absolute Gasteiger partial charge is 0.165 e. The minimum atomic E-state index is -0.722. The number of hydrogen-bond acceptors (Lipinski definition) is 8. The molecular weight excluding hydrogens is 431 g/mol. The molecule has 1 heterocycles. The molecule has 2 rings (SSSR count). The predicted molar refractivity (Wildman–Crippen MR) is 120 cm³/mol. The molecule has 10 heteroatoms. The van der Waals surface area contributed by atoms with E-state index in [9.17, 15) is 4.39 Å². The van der Waals surface area contributed by atoms with Gasteiger partial charge in [0.15, 0.2) is 11.6 Å². The highest BCUT2D eigenvalue weighted by molar-refractivity contribution is 8.27. The monoisotopic (exact) mass is 456 g/mol. The number of halogens is 2. The maximum atomic E-state index is 14.3. The van der Waals surface area contributed by atoms with Gasteiger partial charge in [-0.1, -0.05) is 25.4 Å². The molecule has 2 aromatic rings. The van der Waals surface area contributed by atoms with Crippen LogP contribution in [-0.4, -0.2) is 46.5 Å². The zero-order chi connectivity index (χ0) is 22.8. The van der Waals surface area contributed by atoms with Gasteiger partial charge < -0.3 is 20.3 Å². The maximum absolute atomic E-state index is 14.3. The summed E-state index contributed by atoms with van der Waals surface area (Å²) < 4.78 is 24.6. The lowest BCUT2D eigenvalue weighted by atomic mass is 10.2. The van der Waals surface area contributed by atoms with Crippen LogP contribution in [0.2, 0.25) is 5.02 Å². The molecule has 1 atom stereocenters. The van der Waals surface area contributed by atoms with E-state index >= 15 is 0 Å². The van der Waals surface area contributed by atoms with Crippen molar-refractivity contribution in [3.63, 3.8) is 0 Å². The van der Waals surface area contributed by atoms with E-state index < -0.39 is 11.9 Å². The summed E-state index contributed by atoms with van der Waals surface area (Å²) in [6.45, 7) is 5.37. The van der Waals surface area contributed by atoms with Crippen LogP contribution in [0.5, 0.6) is 11.5 Å². The van der Waals surface area contributed by atoms with Crippen molar-refractivity contribution in [2.45, 2.75) is 26.8 Å². The number of aliphatic hydroxyl groups is 1. The Kier molecular flexibility index (Phi) is 10.8. The van der Waals surface area contributed by atoms with Crippen LogP contribution >= 0.6 is 23.4 Å². The Morgan fingerprint density at radius 1 is 1.27 bits per heavy atom. The highest BCUT2D eigenvalue weighted by Gasteiger charge is 2.17. The molecule has 0 aliphatic carbocycles. The second kappa shape index (κ2) is 12.5. The first-order valence-electron chi connectivity index (χ1n) is 9.12. The Morgan fingerprint density at radius 2 is 1.93 bits per heavy atom. The molecule has 7 nitrogen and oxygen atoms in total. The summed E-state index contributed by atoms with van der Waals surface area (Å²) in [5, 5.41) is 25.2. The number of rotatable bonds is 7. The molecule has 0 aliphatic heterocycles. The van der Waals surface area contributed by atoms with Gasteiger partial charge in [-0.3, -0.25) is 10.8 Å². The van der Waals surface area contributed by atoms with Gasteiger partial charge in [0.25, 0.3) is 0 Å². The fourth-order valence-electron chi connectivity index (χ4n) is 2.16. The van der Waals surface area contributed by atoms with Crippen molar-refractivity contribution in [2.24, 2.45) is 5.73 Å². The quantitative estimate of drug-likeness (QED) is 0.368. The van der Waals surface area contributed by atoms with Gasteiger partial charge in [0, 0.05) is 11.6 Å². The molecule has 0 spiro atoms. The first-order valence-corrected chi connectivity index (χ1v) is 10.3. The van der Waals surface area contributed by atoms with Crippen LogP contribution in [0.15, 0.2) is 24.3 Å². The SMILES string of the molecule is CC.COc1ccc(C(=N)SC(=N)c2cc(F)c(OCC(N)CO)cc2Cl)nc1C. The van der Waals surface area contributed by atoms with E-state index in [2.05, 4.69) is 4.98 Å². The van der Waals surface area contributed by atoms with E-state index in [0.717, 1.165) is 17.8 Å². The summed E-state index contributed by atoms with van der Waals surface area (Å²) in [6.07, 6.45) is 0. The summed E-state index contributed by atoms with van der Waals surface area (Å²) in [5.74, 6) is -0.254. The first-order chi connectivity index (χ1) is 14.3. The number of ether oxygens (including phenoxy) is 2. The summed E-state index contributed by atoms with van der Waals surface area (Å²) in [5.41, 5.74) is 6.62. The van der Waals surface area contributed by atoms with Gasteiger partial charge in [0.05, 0.1) is 36.2 Å². The number of aliphatic hydroxyl groups excluding tert-OH is 1. The first kappa shape index (κ1) is 25.8. The summed E-state index contributed by atoms with van der Waals surface area (Å²) in [4.78, 5) is 4.27. The lowest BCUT2D eigenvalue weighted by Crippen LogP contribution is -2.31. The van der Waals surface area contributed by atoms with Crippen molar-refractivity contribution in [3.8, 4) is 11.5 Å². The van der Waals surface area contributed by atoms with E-state index in [0.29, 0.717) is 17.1 Å². The molecular formula is C20H26ClFN4O3S. The average Bonchev–Trinajstić information content (AvgIpc) is 2.74. The third kappa shape index (κ3) is 6.94. The van der Waals surface area contributed by atoms with Gasteiger partial charge in [0.2, 0.25) is 0 Å². The van der Waals surface area contributed by atoms with Crippen LogP contribution in [0, 0.1) is 23.6 Å². The van der Waals surface area contributed by atoms with Crippen LogP contribution in [0.1, 0.15) is 30.8 Å². The standard InChI is InChI=1S/C18H20ClFN4O3S.C2H6/c1-9-15(26-2)4-3-14(24-9)18(23)28-17(22)11-5-13(20)16(6-12(11)19)27-8-10(21)7-25;1-2/h3-6,10,22-23,25H,7-8,21H2,1-2H3;1-2H3. The second-order valence-corrected chi connectivity index (χ2v) is 7.19. The number of pyridine rings is 1. The molecule has 0 fully saturated rings. The molecule has 0 aliphatic rings. The van der Waals surface area contributed by atoms with E-state index in [1.165, 1.54) is 13.2 Å². The van der Waals surface area contributed by atoms with Gasteiger partial charge in [0.1, 0.15) is 22.4 Å². The van der Waals surface area contributed by atoms with Gasteiger partial charge in [-0.15, -0.1) is 0 Å². The summed E-state index contributed by atoms with van der Waals surface area (Å²) in [7, 11) is 1.53. The Morgan fingerprint density at radius 3 is 2.50 bits per heavy atom. The minimum absolute atomic E-state index is 0.0153. The van der Waals surface area contributed by atoms with E-state index in [-0.39, 0.29) is 39.6 Å². The number of nitrogens with zero attached hydrogens (tertiary/aromatic N) is 1. The fraction of sp³-hybridized carbons (Fsp3) is 0.350. The number of nitrogens with two attached hydrogens (primary N) is 1. The van der Waals surface area contributed by atoms with Crippen molar-refractivity contribution >= 4 is 33.5 Å². The maximum Gasteiger partial charge on any atom is 0.165 e. The van der Waals surface area contributed by atoms with Gasteiger partial charge in [-0.05, 0) is 36.9 Å². The summed E-state index contributed by atoms with van der Waals surface area (Å²) >= 11 is 6.95. The van der Waals surface area contributed by atoms with Crippen LogP contribution in [0.4, 0.5) is 4.39 Å². The number of benzene rings is 1. The van der Waals surface area contributed by atoms with Crippen LogP contribution < -0.4 is 15.2 Å². The fourth-order valence-corrected chi connectivity index (χ4v) is 3.17. The van der Waals surface area contributed by atoms with E-state index in [4.69, 9.17) is 42.7 Å². The van der Waals surface area contributed by atoms with Crippen LogP contribution in [0.3, 0.4) is 0 Å². The Labute approximate surface area is 184 Å². The molecule has 0 radical (unpaired) electrons. The van der Waals surface area contributed by atoms with Gasteiger partial charge >= 0.3 is 0 Å². The molecule has 164 valence electrons. The molecule has 30 heavy (non-hydrogen) atoms. The second-order valence-electron chi connectivity index (χ2n) is 5.76. The molecule has 1 aromatic carbocycles. The molecule has 0 saturated heterocycles. The van der Waals surface area contributed by atoms with Crippen LogP contribution in [-0.2, 0) is 0 Å². The molecule has 1 aromatic heterocycles. The zero-order valence-corrected chi connectivity index (χ0v) is 18.8. The van der Waals surface area contributed by atoms with Crippen molar-refractivity contribution in [2.75, 3.05) is 20.3 Å². The average molecular weight is 457 g/mol. The third-order valence-electron chi connectivity index (χ3n) is 3.65. The van der Waals surface area contributed by atoms with Crippen molar-refractivity contribution in [3.05, 3.63) is 52.1 Å². The van der Waals surface area contributed by atoms with Crippen molar-refractivity contribution in [1.29, 1.82) is 10.8 Å². The Balaban J connectivity index is 0.00000218. The molecule has 0 bridgehead atoms. The van der Waals surface area contributed by atoms with Crippen molar-refractivity contribution < 1.29 is 19.0 Å². The lowest BCUT2D eigenvalue weighted by Gasteiger charge is -2.13. The number of hydrogen-bond donors (Lipinski definition) is 4. The van der Waals surface area contributed by atoms with Crippen molar-refractivity contribution in [1.82, 2.24) is 4.98 Å². The van der Waals surface area contributed by atoms with Crippen LogP contribution in [0.25, 0.3) is 0 Å². The molecule has 0 saturated carbocycles. The Hall–Kier alpha value is -2.20. The number of aryl methyl sites for hydroxylation is 1. The number of thioether (sulfide) groups is 1. The highest BCUT2D eigenvalue weighted by atomic mass is 35.5. The summed E-state index contributed by atoms with van der Waals surface area (Å²) in [6, 6.07) is 4.96. The number of methoxy groups -OCH3 is 1. The Bertz CT molecular complexity index is 899. The lowest BCUT2D eigenvalue weighted by molar-refractivity contribution is 0.202. The normalized spacial score (nSPS) is 11.2. The third-order valence-corrected chi connectivity index (χ3v) is 4.80. The molecule has 1 unspecified atom stereocenters. The highest BCUT2D eigenvalue weighted by Crippen LogP contribution is 2.30. The predicted octanol–water partition coefficient (Wildman–Crippen LogP) is 4.00. The zero-order valence-electron chi connectivity index (χ0n) is 17.3. The van der Waals surface area contributed by atoms with E-state index in [1.807, 2.05) is 13.8 Å². The number of aromatic nitrogens is 1. The topological polar surface area (TPSA) is 125 Å². The largest absolute Gasteiger partial charge is 0.495 e. The minimum Gasteiger partial charge on any atom is -0.495 e. The molecule has 0 amide bonds.